The second-order valence-electron chi connectivity index (χ2n) is 7.29. The van der Waals surface area contributed by atoms with Gasteiger partial charge in [0.25, 0.3) is 5.91 Å². The summed E-state index contributed by atoms with van der Waals surface area (Å²) in [5.41, 5.74) is 2.71. The van der Waals surface area contributed by atoms with Gasteiger partial charge in [0.1, 0.15) is 6.10 Å². The molecule has 2 aromatic rings. The maximum Gasteiger partial charge on any atom is 0.253 e. The van der Waals surface area contributed by atoms with Crippen LogP contribution in [-0.4, -0.2) is 66.5 Å². The number of ether oxygens (including phenoxy) is 2. The molecule has 1 atom stereocenters. The average molecular weight is 382 g/mol. The topological polar surface area (TPSA) is 67.8 Å². The number of hydrogen-bond donors (Lipinski definition) is 0. The SMILES string of the molecule is Cc1ccc(OC2CCCN(C(=O)c3ccc(N4CCOCC4)cc3)C2)nn1. The van der Waals surface area contributed by atoms with E-state index < -0.39 is 0 Å². The van der Waals surface area contributed by atoms with E-state index in [1.807, 2.05) is 48.2 Å². The normalized spacial score (nSPS) is 20.1. The smallest absolute Gasteiger partial charge is 0.253 e. The van der Waals surface area contributed by atoms with Gasteiger partial charge in [0.2, 0.25) is 5.88 Å². The van der Waals surface area contributed by atoms with Gasteiger partial charge in [0.15, 0.2) is 0 Å². The third kappa shape index (κ3) is 4.42. The Labute approximate surface area is 165 Å². The number of hydrogen-bond acceptors (Lipinski definition) is 6. The van der Waals surface area contributed by atoms with Gasteiger partial charge in [-0.05, 0) is 50.1 Å². The van der Waals surface area contributed by atoms with Crippen molar-refractivity contribution in [1.82, 2.24) is 15.1 Å². The van der Waals surface area contributed by atoms with E-state index in [9.17, 15) is 4.79 Å². The Bertz CT molecular complexity index is 788. The fourth-order valence-corrected chi connectivity index (χ4v) is 3.66. The summed E-state index contributed by atoms with van der Waals surface area (Å²) in [5.74, 6) is 0.566. The Morgan fingerprint density at radius 3 is 2.57 bits per heavy atom. The highest BCUT2D eigenvalue weighted by Crippen LogP contribution is 2.21. The van der Waals surface area contributed by atoms with Gasteiger partial charge >= 0.3 is 0 Å². The summed E-state index contributed by atoms with van der Waals surface area (Å²) in [6.45, 7) is 6.49. The molecule has 2 aliphatic rings. The van der Waals surface area contributed by atoms with Crippen LogP contribution in [0.4, 0.5) is 5.69 Å². The average Bonchev–Trinajstić information content (AvgIpc) is 2.76. The summed E-state index contributed by atoms with van der Waals surface area (Å²) in [6.07, 6.45) is 1.78. The molecule has 4 rings (SSSR count). The Balaban J connectivity index is 1.37. The molecule has 1 aromatic heterocycles. The number of nitrogens with zero attached hydrogens (tertiary/aromatic N) is 4. The van der Waals surface area contributed by atoms with Crippen molar-refractivity contribution >= 4 is 11.6 Å². The molecule has 28 heavy (non-hydrogen) atoms. The van der Waals surface area contributed by atoms with E-state index >= 15 is 0 Å². The Morgan fingerprint density at radius 2 is 1.86 bits per heavy atom. The fourth-order valence-electron chi connectivity index (χ4n) is 3.66. The first-order valence-corrected chi connectivity index (χ1v) is 9.88. The third-order valence-corrected chi connectivity index (χ3v) is 5.22. The van der Waals surface area contributed by atoms with Crippen molar-refractivity contribution < 1.29 is 14.3 Å². The predicted octanol–water partition coefficient (Wildman–Crippen LogP) is 2.31. The minimum absolute atomic E-state index is 0.0526. The number of piperidine rings is 1. The van der Waals surface area contributed by atoms with Crippen molar-refractivity contribution in [2.45, 2.75) is 25.9 Å². The van der Waals surface area contributed by atoms with Crippen LogP contribution in [0.2, 0.25) is 0 Å². The molecular formula is C21H26N4O3. The first-order chi connectivity index (χ1) is 13.7. The maximum atomic E-state index is 12.9. The first-order valence-electron chi connectivity index (χ1n) is 9.88. The minimum atomic E-state index is -0.0534. The number of carbonyl (C=O) groups is 1. The van der Waals surface area contributed by atoms with Crippen molar-refractivity contribution in [1.29, 1.82) is 0 Å². The molecule has 0 N–H and O–H groups in total. The van der Waals surface area contributed by atoms with Gasteiger partial charge in [-0.15, -0.1) is 5.10 Å². The number of amides is 1. The van der Waals surface area contributed by atoms with Crippen molar-refractivity contribution in [3.63, 3.8) is 0 Å². The third-order valence-electron chi connectivity index (χ3n) is 5.22. The highest BCUT2D eigenvalue weighted by Gasteiger charge is 2.26. The van der Waals surface area contributed by atoms with Crippen LogP contribution >= 0.6 is 0 Å². The summed E-state index contributed by atoms with van der Waals surface area (Å²) in [6, 6.07) is 11.6. The van der Waals surface area contributed by atoms with E-state index in [4.69, 9.17) is 9.47 Å². The lowest BCUT2D eigenvalue weighted by Crippen LogP contribution is -2.44. The van der Waals surface area contributed by atoms with Crippen molar-refractivity contribution in [2.75, 3.05) is 44.3 Å². The van der Waals surface area contributed by atoms with E-state index in [-0.39, 0.29) is 12.0 Å². The number of rotatable bonds is 4. The van der Waals surface area contributed by atoms with Gasteiger partial charge in [-0.1, -0.05) is 0 Å². The summed E-state index contributed by atoms with van der Waals surface area (Å²) in [4.78, 5) is 17.1. The second-order valence-corrected chi connectivity index (χ2v) is 7.29. The highest BCUT2D eigenvalue weighted by atomic mass is 16.5. The van der Waals surface area contributed by atoms with Crippen LogP contribution in [0.1, 0.15) is 28.9 Å². The summed E-state index contributed by atoms with van der Waals surface area (Å²) < 4.78 is 11.3. The molecule has 3 heterocycles. The lowest BCUT2D eigenvalue weighted by molar-refractivity contribution is 0.0525. The Hall–Kier alpha value is -2.67. The van der Waals surface area contributed by atoms with Crippen LogP contribution in [-0.2, 0) is 4.74 Å². The number of benzene rings is 1. The number of carbonyl (C=O) groups excluding carboxylic acids is 1. The lowest BCUT2D eigenvalue weighted by Gasteiger charge is -2.33. The molecule has 2 fully saturated rings. The lowest BCUT2D eigenvalue weighted by atomic mass is 10.1. The molecule has 0 aliphatic carbocycles. The van der Waals surface area contributed by atoms with Gasteiger partial charge in [-0.2, -0.15) is 5.10 Å². The molecular weight excluding hydrogens is 356 g/mol. The second kappa shape index (κ2) is 8.56. The van der Waals surface area contributed by atoms with E-state index in [0.717, 1.165) is 57.1 Å². The number of aromatic nitrogens is 2. The molecule has 0 saturated carbocycles. The van der Waals surface area contributed by atoms with Crippen LogP contribution in [0.3, 0.4) is 0 Å². The number of morpholine rings is 1. The molecule has 1 amide bonds. The predicted molar refractivity (Wildman–Crippen MR) is 106 cm³/mol. The van der Waals surface area contributed by atoms with Crippen molar-refractivity contribution in [3.05, 3.63) is 47.7 Å². The van der Waals surface area contributed by atoms with Gasteiger partial charge in [0.05, 0.1) is 25.5 Å². The monoisotopic (exact) mass is 382 g/mol. The van der Waals surface area contributed by atoms with Crippen molar-refractivity contribution in [2.24, 2.45) is 0 Å². The van der Waals surface area contributed by atoms with Gasteiger partial charge in [-0.25, -0.2) is 0 Å². The molecule has 1 aromatic carbocycles. The Morgan fingerprint density at radius 1 is 1.07 bits per heavy atom. The zero-order valence-electron chi connectivity index (χ0n) is 16.2. The van der Waals surface area contributed by atoms with Gasteiger partial charge in [-0.3, -0.25) is 4.79 Å². The van der Waals surface area contributed by atoms with Crippen LogP contribution in [0.25, 0.3) is 0 Å². The van der Waals surface area contributed by atoms with E-state index in [2.05, 4.69) is 15.1 Å². The van der Waals surface area contributed by atoms with E-state index in [1.165, 1.54) is 0 Å². The first kappa shape index (κ1) is 18.7. The van der Waals surface area contributed by atoms with Crippen molar-refractivity contribution in [3.8, 4) is 5.88 Å². The molecule has 0 bridgehead atoms. The zero-order chi connectivity index (χ0) is 19.3. The number of aryl methyl sites for hydroxylation is 1. The molecule has 2 saturated heterocycles. The van der Waals surface area contributed by atoms with E-state index in [0.29, 0.717) is 18.0 Å². The van der Waals surface area contributed by atoms with Crippen LogP contribution in [0.5, 0.6) is 5.88 Å². The molecule has 7 heteroatoms. The molecule has 7 nitrogen and oxygen atoms in total. The minimum Gasteiger partial charge on any atom is -0.471 e. The Kier molecular flexibility index (Phi) is 5.71. The maximum absolute atomic E-state index is 12.9. The van der Waals surface area contributed by atoms with Crippen LogP contribution in [0, 0.1) is 6.92 Å². The van der Waals surface area contributed by atoms with E-state index in [1.54, 1.807) is 0 Å². The quantitative estimate of drug-likeness (QED) is 0.808. The molecule has 1 unspecified atom stereocenters. The van der Waals surface area contributed by atoms with Crippen LogP contribution < -0.4 is 9.64 Å². The fraction of sp³-hybridized carbons (Fsp3) is 0.476. The highest BCUT2D eigenvalue weighted by molar-refractivity contribution is 5.94. The summed E-state index contributed by atoms with van der Waals surface area (Å²) in [7, 11) is 0. The summed E-state index contributed by atoms with van der Waals surface area (Å²) >= 11 is 0. The largest absolute Gasteiger partial charge is 0.471 e. The molecule has 2 aliphatic heterocycles. The van der Waals surface area contributed by atoms with Crippen LogP contribution in [0.15, 0.2) is 36.4 Å². The number of likely N-dealkylation sites (tertiary alicyclic amines) is 1. The molecule has 148 valence electrons. The molecule has 0 radical (unpaired) electrons. The summed E-state index contributed by atoms with van der Waals surface area (Å²) in [5, 5.41) is 8.09. The van der Waals surface area contributed by atoms with Gasteiger partial charge < -0.3 is 19.3 Å². The number of anilines is 1. The van der Waals surface area contributed by atoms with Gasteiger partial charge in [0, 0.05) is 37.0 Å². The zero-order valence-corrected chi connectivity index (χ0v) is 16.2. The standard InChI is InChI=1S/C21H26N4O3/c1-16-4-9-20(23-22-16)28-19-3-2-10-25(15-19)21(26)17-5-7-18(8-6-17)24-11-13-27-14-12-24/h4-9,19H,2-3,10-15H2,1H3. The molecule has 0 spiro atoms.